The number of halogens is 2. The average Bonchev–Trinajstić information content (AvgIpc) is 3.11. The van der Waals surface area contributed by atoms with Crippen molar-refractivity contribution in [2.75, 3.05) is 19.9 Å². The second-order valence-corrected chi connectivity index (χ2v) is 9.23. The molecule has 2 atom stereocenters. The quantitative estimate of drug-likeness (QED) is 0.322. The standard InChI is InChI=1S/C22H33ClN3O3.ClH/c1-17(13-18-8-10-19(23)11-9-18)20(27)7-5-6-12-26-15-25(14-24-26)16-29-21(28)22(2,3)4;/h8-11,17,20,27H,5-7,12-13,15-16H2,1-4H3;1H/q+1;/p-1. The van der Waals surface area contributed by atoms with Crippen LogP contribution in [-0.4, -0.2) is 53.4 Å². The van der Waals surface area contributed by atoms with Gasteiger partial charge in [-0.3, -0.25) is 4.79 Å². The van der Waals surface area contributed by atoms with Crippen LogP contribution in [0.15, 0.2) is 29.4 Å². The van der Waals surface area contributed by atoms with Crippen LogP contribution in [0.1, 0.15) is 52.5 Å². The van der Waals surface area contributed by atoms with Crippen LogP contribution in [0.25, 0.3) is 0 Å². The summed E-state index contributed by atoms with van der Waals surface area (Å²) < 4.78 is 5.27. The maximum atomic E-state index is 11.8. The largest absolute Gasteiger partial charge is 1.00 e. The fraction of sp³-hybridized carbons (Fsp3) is 0.636. The Hall–Kier alpha value is -1.59. The van der Waals surface area contributed by atoms with Gasteiger partial charge in [-0.1, -0.05) is 35.6 Å². The van der Waals surface area contributed by atoms with E-state index in [-0.39, 0.29) is 37.1 Å². The number of aliphatic hydroxyl groups is 1. The van der Waals surface area contributed by atoms with E-state index < -0.39 is 5.41 Å². The van der Waals surface area contributed by atoms with Gasteiger partial charge in [0.2, 0.25) is 6.73 Å². The number of ether oxygens (including phenoxy) is 1. The van der Waals surface area contributed by atoms with Gasteiger partial charge in [0.25, 0.3) is 0 Å². The van der Waals surface area contributed by atoms with Crippen molar-refractivity contribution in [1.29, 1.82) is 0 Å². The molecule has 1 aromatic rings. The van der Waals surface area contributed by atoms with Crippen LogP contribution in [-0.2, 0) is 16.0 Å². The highest BCUT2D eigenvalue weighted by atomic mass is 35.5. The molecule has 1 heterocycles. The van der Waals surface area contributed by atoms with E-state index in [1.165, 1.54) is 5.56 Å². The lowest BCUT2D eigenvalue weighted by atomic mass is 9.93. The number of esters is 1. The van der Waals surface area contributed by atoms with Gasteiger partial charge in [-0.25, -0.2) is 5.01 Å². The van der Waals surface area contributed by atoms with Crippen LogP contribution in [0, 0.1) is 11.3 Å². The predicted molar refractivity (Wildman–Crippen MR) is 115 cm³/mol. The van der Waals surface area contributed by atoms with E-state index in [9.17, 15) is 9.90 Å². The maximum Gasteiger partial charge on any atom is 0.547 e. The number of hydrogen-bond donors (Lipinski definition) is 1. The molecule has 2 unspecified atom stereocenters. The fourth-order valence-corrected chi connectivity index (χ4v) is 3.12. The van der Waals surface area contributed by atoms with Crippen molar-refractivity contribution in [3.05, 3.63) is 34.9 Å². The molecule has 0 aromatic heterocycles. The average molecular weight is 458 g/mol. The lowest BCUT2D eigenvalue weighted by Gasteiger charge is -2.19. The van der Waals surface area contributed by atoms with Crippen molar-refractivity contribution in [3.8, 4) is 0 Å². The molecule has 0 aliphatic carbocycles. The highest BCUT2D eigenvalue weighted by molar-refractivity contribution is 6.30. The number of unbranched alkanes of at least 4 members (excludes halogenated alkanes) is 1. The van der Waals surface area contributed by atoms with Gasteiger partial charge in [0.1, 0.15) is 5.10 Å². The van der Waals surface area contributed by atoms with Crippen LogP contribution < -0.4 is 12.4 Å². The zero-order valence-electron chi connectivity index (χ0n) is 18.3. The summed E-state index contributed by atoms with van der Waals surface area (Å²) in [6, 6.07) is 7.80. The molecule has 8 heteroatoms. The molecule has 1 aliphatic heterocycles. The van der Waals surface area contributed by atoms with E-state index in [1.807, 2.05) is 50.0 Å². The number of carbonyl (C=O) groups excluding carboxylic acids is 1. The molecule has 1 aliphatic rings. The van der Waals surface area contributed by atoms with Gasteiger partial charge in [0, 0.05) is 11.6 Å². The van der Waals surface area contributed by atoms with Gasteiger partial charge < -0.3 is 22.3 Å². The minimum absolute atomic E-state index is 0. The zero-order valence-corrected chi connectivity index (χ0v) is 19.8. The van der Waals surface area contributed by atoms with Gasteiger partial charge in [-0.05, 0) is 70.1 Å². The second-order valence-electron chi connectivity index (χ2n) is 8.79. The summed E-state index contributed by atoms with van der Waals surface area (Å²) >= 11 is 5.92. The number of rotatable bonds is 10. The first-order chi connectivity index (χ1) is 13.6. The third-order valence-electron chi connectivity index (χ3n) is 4.92. The number of benzene rings is 1. The van der Waals surface area contributed by atoms with Crippen LogP contribution in [0.5, 0.6) is 0 Å². The van der Waals surface area contributed by atoms with Crippen molar-refractivity contribution in [3.63, 3.8) is 0 Å². The zero-order chi connectivity index (χ0) is 21.4. The molecule has 168 valence electrons. The molecule has 30 heavy (non-hydrogen) atoms. The van der Waals surface area contributed by atoms with Crippen molar-refractivity contribution >= 4 is 23.9 Å². The molecule has 0 spiro atoms. The van der Waals surface area contributed by atoms with E-state index in [0.717, 1.165) is 37.3 Å². The Morgan fingerprint density at radius 3 is 2.60 bits per heavy atom. The molecule has 0 radical (unpaired) electrons. The molecular weight excluding hydrogens is 425 g/mol. The molecule has 0 saturated heterocycles. The molecule has 6 nitrogen and oxygen atoms in total. The monoisotopic (exact) mass is 457 g/mol. The smallest absolute Gasteiger partial charge is 0.547 e. The lowest BCUT2D eigenvalue weighted by Crippen LogP contribution is -3.00. The van der Waals surface area contributed by atoms with Gasteiger partial charge >= 0.3 is 12.3 Å². The molecule has 0 fully saturated rings. The van der Waals surface area contributed by atoms with E-state index in [4.69, 9.17) is 16.3 Å². The Bertz CT molecular complexity index is 677. The van der Waals surface area contributed by atoms with Crippen LogP contribution in [0.3, 0.4) is 0 Å². The summed E-state index contributed by atoms with van der Waals surface area (Å²) in [5, 5.41) is 17.3. The molecule has 2 rings (SSSR count). The summed E-state index contributed by atoms with van der Waals surface area (Å²) in [7, 11) is 0. The number of carbonyl (C=O) groups is 1. The van der Waals surface area contributed by atoms with Gasteiger partial charge in [-0.15, -0.1) is 0 Å². The van der Waals surface area contributed by atoms with E-state index in [0.29, 0.717) is 6.67 Å². The molecule has 1 aromatic carbocycles. The van der Waals surface area contributed by atoms with Crippen molar-refractivity contribution in [2.24, 2.45) is 16.4 Å². The highest BCUT2D eigenvalue weighted by Gasteiger charge is 2.30. The Morgan fingerprint density at radius 2 is 1.97 bits per heavy atom. The van der Waals surface area contributed by atoms with Crippen LogP contribution in [0.4, 0.5) is 0 Å². The summed E-state index contributed by atoms with van der Waals surface area (Å²) in [4.78, 5) is 13.6. The molecule has 1 N–H and O–H groups in total. The first kappa shape index (κ1) is 26.4. The maximum absolute atomic E-state index is 11.8. The summed E-state index contributed by atoms with van der Waals surface area (Å²) in [6.07, 6.45) is 6.00. The summed E-state index contributed by atoms with van der Waals surface area (Å²) in [5.41, 5.74) is 0.678. The summed E-state index contributed by atoms with van der Waals surface area (Å²) in [6.45, 7) is 9.07. The lowest BCUT2D eigenvalue weighted by molar-refractivity contribution is -0.156. The predicted octanol–water partition coefficient (Wildman–Crippen LogP) is 0.996. The molecule has 0 amide bonds. The normalized spacial score (nSPS) is 15.4. The molecule has 0 saturated carbocycles. The summed E-state index contributed by atoms with van der Waals surface area (Å²) in [5.74, 6) is -0.0400. The second kappa shape index (κ2) is 12.3. The Labute approximate surface area is 191 Å². The highest BCUT2D eigenvalue weighted by Crippen LogP contribution is 2.19. The van der Waals surface area contributed by atoms with Crippen LogP contribution in [0.2, 0.25) is 5.02 Å². The topological polar surface area (TPSA) is 65.4 Å². The fourth-order valence-electron chi connectivity index (χ4n) is 2.99. The van der Waals surface area contributed by atoms with E-state index >= 15 is 0 Å². The minimum atomic E-state index is -0.512. The number of aliphatic hydroxyl groups excluding tert-OH is 1. The third-order valence-corrected chi connectivity index (χ3v) is 5.17. The number of nitrogens with zero attached hydrogens (tertiary/aromatic N) is 3. The number of hydrazone groups is 1. The Balaban J connectivity index is 0.00000450. The minimum Gasteiger partial charge on any atom is -1.00 e. The number of hydrogen-bond acceptors (Lipinski definition) is 6. The third kappa shape index (κ3) is 9.05. The molecule has 0 bridgehead atoms. The SMILES string of the molecule is CC(Cc1ccc(Cl)cc1)C(O)CCCCN1CN(COC(=O)C(C)(C)C)[C+]=N1.[Cl-]. The van der Waals surface area contributed by atoms with Crippen molar-refractivity contribution < 1.29 is 27.0 Å². The van der Waals surface area contributed by atoms with E-state index in [2.05, 4.69) is 18.4 Å². The Morgan fingerprint density at radius 1 is 1.30 bits per heavy atom. The Kier molecular flexibility index (Phi) is 10.9. The first-order valence-corrected chi connectivity index (χ1v) is 10.6. The van der Waals surface area contributed by atoms with E-state index in [1.54, 1.807) is 4.90 Å². The van der Waals surface area contributed by atoms with Gasteiger partial charge in [0.05, 0.1) is 11.5 Å². The van der Waals surface area contributed by atoms with Gasteiger partial charge in [0.15, 0.2) is 6.67 Å². The van der Waals surface area contributed by atoms with Crippen LogP contribution >= 0.6 is 11.6 Å². The van der Waals surface area contributed by atoms with Crippen molar-refractivity contribution in [2.45, 2.75) is 59.5 Å². The van der Waals surface area contributed by atoms with Crippen molar-refractivity contribution in [1.82, 2.24) is 9.91 Å². The van der Waals surface area contributed by atoms with Gasteiger partial charge in [-0.2, -0.15) is 0 Å². The first-order valence-electron chi connectivity index (χ1n) is 10.2. The molecular formula is C22H33Cl2N3O3.